The topological polar surface area (TPSA) is 54.9 Å². The second kappa shape index (κ2) is 8.86. The highest BCUT2D eigenvalue weighted by Gasteiger charge is 2.23. The smallest absolute Gasteiger partial charge is 0.260 e. The Kier molecular flexibility index (Phi) is 6.03. The van der Waals surface area contributed by atoms with E-state index in [4.69, 9.17) is 9.47 Å². The number of anilines is 1. The minimum absolute atomic E-state index is 0.184. The van der Waals surface area contributed by atoms with Crippen molar-refractivity contribution in [2.24, 2.45) is 0 Å². The van der Waals surface area contributed by atoms with Crippen molar-refractivity contribution in [3.63, 3.8) is 0 Å². The van der Waals surface area contributed by atoms with Gasteiger partial charge in [0.15, 0.2) is 5.13 Å². The predicted molar refractivity (Wildman–Crippen MR) is 112 cm³/mol. The van der Waals surface area contributed by atoms with E-state index in [1.165, 1.54) is 17.4 Å². The summed E-state index contributed by atoms with van der Waals surface area (Å²) in [4.78, 5) is 21.7. The number of methoxy groups -OCH3 is 1. The molecule has 0 N–H and O–H groups in total. The fraction of sp³-hybridized carbons (Fsp3) is 0.333. The lowest BCUT2D eigenvalue weighted by molar-refractivity contribution is 0.0391. The Bertz CT molecular complexity index is 1000. The molecule has 0 saturated carbocycles. The van der Waals surface area contributed by atoms with Crippen LogP contribution in [0.2, 0.25) is 0 Å². The molecule has 6 nitrogen and oxygen atoms in total. The normalized spacial score (nSPS) is 14.8. The molecule has 0 spiro atoms. The summed E-state index contributed by atoms with van der Waals surface area (Å²) in [5.41, 5.74) is 0.799. The Morgan fingerprint density at radius 2 is 2.07 bits per heavy atom. The van der Waals surface area contributed by atoms with E-state index in [1.54, 1.807) is 42.3 Å². The molecule has 0 atom stereocenters. The van der Waals surface area contributed by atoms with Gasteiger partial charge in [-0.15, -0.1) is 0 Å². The van der Waals surface area contributed by atoms with E-state index in [9.17, 15) is 9.18 Å². The van der Waals surface area contributed by atoms with E-state index >= 15 is 0 Å². The van der Waals surface area contributed by atoms with Crippen molar-refractivity contribution in [2.45, 2.75) is 0 Å². The number of para-hydroxylation sites is 1. The molecule has 2 aromatic carbocycles. The molecule has 4 rings (SSSR count). The van der Waals surface area contributed by atoms with Gasteiger partial charge in [-0.3, -0.25) is 14.6 Å². The quantitative estimate of drug-likeness (QED) is 0.618. The maximum absolute atomic E-state index is 14.2. The lowest BCUT2D eigenvalue weighted by Gasteiger charge is -2.29. The molecule has 152 valence electrons. The monoisotopic (exact) mass is 415 g/mol. The van der Waals surface area contributed by atoms with Crippen molar-refractivity contribution in [3.05, 3.63) is 53.8 Å². The van der Waals surface area contributed by atoms with E-state index in [-0.39, 0.29) is 11.7 Å². The highest BCUT2D eigenvalue weighted by molar-refractivity contribution is 7.22. The predicted octanol–water partition coefficient (Wildman–Crippen LogP) is 3.42. The van der Waals surface area contributed by atoms with Crippen LogP contribution in [0.5, 0.6) is 5.75 Å². The van der Waals surface area contributed by atoms with Crippen LogP contribution in [0.15, 0.2) is 42.5 Å². The zero-order valence-corrected chi connectivity index (χ0v) is 17.0. The van der Waals surface area contributed by atoms with Gasteiger partial charge in [0.1, 0.15) is 17.1 Å². The number of halogens is 1. The van der Waals surface area contributed by atoms with Crippen molar-refractivity contribution in [1.29, 1.82) is 0 Å². The number of amides is 1. The summed E-state index contributed by atoms with van der Waals surface area (Å²) in [7, 11) is 1.57. The van der Waals surface area contributed by atoms with Crippen LogP contribution in [-0.4, -0.2) is 62.3 Å². The lowest BCUT2D eigenvalue weighted by atomic mass is 10.2. The number of carbonyl (C=O) groups excluding carboxylic acids is 1. The molecular weight excluding hydrogens is 393 g/mol. The van der Waals surface area contributed by atoms with Crippen LogP contribution < -0.4 is 9.64 Å². The van der Waals surface area contributed by atoms with Crippen LogP contribution in [-0.2, 0) is 4.74 Å². The number of hydrogen-bond acceptors (Lipinski definition) is 6. The summed E-state index contributed by atoms with van der Waals surface area (Å²) in [6, 6.07) is 11.9. The molecule has 0 unspecified atom stereocenters. The minimum Gasteiger partial charge on any atom is -0.497 e. The molecule has 1 aliphatic heterocycles. The van der Waals surface area contributed by atoms with Crippen molar-refractivity contribution >= 4 is 32.6 Å². The Morgan fingerprint density at radius 3 is 2.83 bits per heavy atom. The highest BCUT2D eigenvalue weighted by atomic mass is 32.1. The molecule has 8 heteroatoms. The summed E-state index contributed by atoms with van der Waals surface area (Å²) in [6.07, 6.45) is 0. The summed E-state index contributed by atoms with van der Waals surface area (Å²) in [5, 5.41) is 0.492. The number of ether oxygens (including phenoxy) is 2. The standard InChI is InChI=1S/C21H22FN3O3S/c1-27-16-5-2-4-15(14-16)20(26)25(9-8-24-10-12-28-13-11-24)21-23-19-17(22)6-3-7-18(19)29-21/h2-7,14H,8-13H2,1H3. The lowest BCUT2D eigenvalue weighted by Crippen LogP contribution is -2.43. The van der Waals surface area contributed by atoms with Gasteiger partial charge in [0.25, 0.3) is 5.91 Å². The molecule has 1 aromatic heterocycles. The van der Waals surface area contributed by atoms with Gasteiger partial charge in [-0.05, 0) is 30.3 Å². The number of nitrogens with zero attached hydrogens (tertiary/aromatic N) is 3. The first kappa shape index (κ1) is 19.8. The number of aromatic nitrogens is 1. The molecule has 29 heavy (non-hydrogen) atoms. The minimum atomic E-state index is -0.382. The largest absolute Gasteiger partial charge is 0.497 e. The maximum atomic E-state index is 14.2. The van der Waals surface area contributed by atoms with Gasteiger partial charge >= 0.3 is 0 Å². The molecule has 0 bridgehead atoms. The van der Waals surface area contributed by atoms with E-state index in [0.717, 1.165) is 17.8 Å². The van der Waals surface area contributed by atoms with Gasteiger partial charge in [-0.2, -0.15) is 0 Å². The number of benzene rings is 2. The number of fused-ring (bicyclic) bond motifs is 1. The zero-order chi connectivity index (χ0) is 20.2. The van der Waals surface area contributed by atoms with Crippen LogP contribution in [0.3, 0.4) is 0 Å². The second-order valence-electron chi connectivity index (χ2n) is 6.73. The number of thiazole rings is 1. The fourth-order valence-corrected chi connectivity index (χ4v) is 4.29. The number of rotatable bonds is 6. The van der Waals surface area contributed by atoms with Crippen LogP contribution in [0, 0.1) is 5.82 Å². The van der Waals surface area contributed by atoms with Gasteiger partial charge in [-0.25, -0.2) is 9.37 Å². The van der Waals surface area contributed by atoms with Gasteiger partial charge in [-0.1, -0.05) is 23.5 Å². The van der Waals surface area contributed by atoms with Gasteiger partial charge in [0, 0.05) is 31.7 Å². The molecule has 1 aliphatic rings. The number of morpholine rings is 1. The Morgan fingerprint density at radius 1 is 1.28 bits per heavy atom. The SMILES string of the molecule is COc1cccc(C(=O)N(CCN2CCOCC2)c2nc3c(F)cccc3s2)c1. The highest BCUT2D eigenvalue weighted by Crippen LogP contribution is 2.31. The Labute approximate surface area is 172 Å². The zero-order valence-electron chi connectivity index (χ0n) is 16.1. The van der Waals surface area contributed by atoms with Crippen LogP contribution in [0.4, 0.5) is 9.52 Å². The van der Waals surface area contributed by atoms with E-state index in [2.05, 4.69) is 9.88 Å². The molecule has 3 aromatic rings. The molecule has 1 amide bonds. The van der Waals surface area contributed by atoms with Crippen molar-refractivity contribution in [1.82, 2.24) is 9.88 Å². The Balaban J connectivity index is 1.65. The molecule has 1 saturated heterocycles. The van der Waals surface area contributed by atoms with Gasteiger partial charge in [0.05, 0.1) is 25.0 Å². The maximum Gasteiger partial charge on any atom is 0.260 e. The molecule has 0 radical (unpaired) electrons. The summed E-state index contributed by atoms with van der Waals surface area (Å²) in [5.74, 6) is 0.0444. The van der Waals surface area contributed by atoms with E-state index < -0.39 is 0 Å². The van der Waals surface area contributed by atoms with Crippen LogP contribution >= 0.6 is 11.3 Å². The third-order valence-corrected chi connectivity index (χ3v) is 5.94. The molecule has 1 fully saturated rings. The summed E-state index contributed by atoms with van der Waals surface area (Å²) < 4.78 is 25.5. The first-order valence-electron chi connectivity index (χ1n) is 9.47. The molecule has 2 heterocycles. The van der Waals surface area contributed by atoms with Crippen molar-refractivity contribution in [3.8, 4) is 5.75 Å². The van der Waals surface area contributed by atoms with E-state index in [0.29, 0.717) is 48.3 Å². The van der Waals surface area contributed by atoms with Gasteiger partial charge < -0.3 is 9.47 Å². The first-order chi connectivity index (χ1) is 14.2. The first-order valence-corrected chi connectivity index (χ1v) is 10.3. The third-order valence-electron chi connectivity index (χ3n) is 4.89. The molecule has 0 aliphatic carbocycles. The average molecular weight is 415 g/mol. The summed E-state index contributed by atoms with van der Waals surface area (Å²) in [6.45, 7) is 4.19. The van der Waals surface area contributed by atoms with Crippen molar-refractivity contribution < 1.29 is 18.7 Å². The molecular formula is C21H22FN3O3S. The summed E-state index contributed by atoms with van der Waals surface area (Å²) >= 11 is 1.32. The van der Waals surface area contributed by atoms with Crippen molar-refractivity contribution in [2.75, 3.05) is 51.4 Å². The van der Waals surface area contributed by atoms with E-state index in [1.807, 2.05) is 6.07 Å². The third kappa shape index (κ3) is 4.39. The van der Waals surface area contributed by atoms with Crippen LogP contribution in [0.1, 0.15) is 10.4 Å². The number of hydrogen-bond donors (Lipinski definition) is 0. The Hall–Kier alpha value is -2.55. The number of carbonyl (C=O) groups is 1. The van der Waals surface area contributed by atoms with Crippen LogP contribution in [0.25, 0.3) is 10.2 Å². The fourth-order valence-electron chi connectivity index (χ4n) is 3.28. The average Bonchev–Trinajstić information content (AvgIpc) is 3.20. The second-order valence-corrected chi connectivity index (χ2v) is 7.73. The van der Waals surface area contributed by atoms with Gasteiger partial charge in [0.2, 0.25) is 0 Å².